The molecule has 0 spiro atoms. The third-order valence-corrected chi connectivity index (χ3v) is 1.60. The largest absolute Gasteiger partial charge is 0.466 e. The molecule has 0 fully saturated rings. The Morgan fingerprint density at radius 2 is 1.44 bits per heavy atom. The third-order valence-electron chi connectivity index (χ3n) is 1.60. The average Bonchev–Trinajstić information content (AvgIpc) is 2.19. The predicted molar refractivity (Wildman–Crippen MR) is 60.0 cm³/mol. The van der Waals surface area contributed by atoms with E-state index >= 15 is 0 Å². The van der Waals surface area contributed by atoms with Crippen molar-refractivity contribution in [3.63, 3.8) is 0 Å². The highest BCUT2D eigenvalue weighted by molar-refractivity contribution is 5.65. The number of esters is 1. The molecule has 16 heavy (non-hydrogen) atoms. The Morgan fingerprint density at radius 1 is 1.06 bits per heavy atom. The Balaban J connectivity index is 0. The molecule has 6 heteroatoms. The first-order chi connectivity index (χ1) is 7.62. The third kappa shape index (κ3) is 15.8. The summed E-state index contributed by atoms with van der Waals surface area (Å²) in [6, 6.07) is 0. The van der Waals surface area contributed by atoms with Gasteiger partial charge in [0.2, 0.25) is 0 Å². The zero-order chi connectivity index (χ0) is 12.8. The number of ether oxygens (including phenoxy) is 1. The van der Waals surface area contributed by atoms with E-state index in [0.717, 1.165) is 0 Å². The number of rotatable bonds is 7. The number of hydrogen-bond donors (Lipinski definition) is 3. The van der Waals surface area contributed by atoms with Gasteiger partial charge in [-0.15, -0.1) is 0 Å². The van der Waals surface area contributed by atoms with Gasteiger partial charge in [-0.3, -0.25) is 9.69 Å². The molecule has 0 aliphatic carbocycles. The molecular weight excluding hydrogens is 214 g/mol. The average molecular weight is 237 g/mol. The van der Waals surface area contributed by atoms with Gasteiger partial charge < -0.3 is 20.1 Å². The number of aliphatic hydroxyl groups excluding tert-OH is 3. The Labute approximate surface area is 96.4 Å². The van der Waals surface area contributed by atoms with Gasteiger partial charge in [0, 0.05) is 26.6 Å². The van der Waals surface area contributed by atoms with Crippen molar-refractivity contribution in [1.82, 2.24) is 4.90 Å². The van der Waals surface area contributed by atoms with Gasteiger partial charge in [-0.1, -0.05) is 0 Å². The van der Waals surface area contributed by atoms with Crippen LogP contribution in [0.1, 0.15) is 13.8 Å². The van der Waals surface area contributed by atoms with E-state index in [4.69, 9.17) is 15.3 Å². The lowest BCUT2D eigenvalue weighted by molar-refractivity contribution is -0.140. The van der Waals surface area contributed by atoms with Crippen molar-refractivity contribution < 1.29 is 24.9 Å². The van der Waals surface area contributed by atoms with E-state index in [9.17, 15) is 4.79 Å². The lowest BCUT2D eigenvalue weighted by atomic mass is 10.4. The van der Waals surface area contributed by atoms with E-state index in [2.05, 4.69) is 4.74 Å². The van der Waals surface area contributed by atoms with Crippen LogP contribution in [0.2, 0.25) is 0 Å². The second-order valence-electron chi connectivity index (χ2n) is 2.94. The standard InChI is InChI=1S/C6H15NO3.C4H8O2/c8-4-1-7(2-5-9)3-6-10;1-3-6-4(2)5/h8-10H,1-6H2;3H2,1-2H3. The lowest BCUT2D eigenvalue weighted by Crippen LogP contribution is -2.32. The first-order valence-corrected chi connectivity index (χ1v) is 5.30. The van der Waals surface area contributed by atoms with Crippen molar-refractivity contribution >= 4 is 5.97 Å². The van der Waals surface area contributed by atoms with Gasteiger partial charge in [-0.05, 0) is 6.92 Å². The Bertz CT molecular complexity index is 140. The highest BCUT2D eigenvalue weighted by atomic mass is 16.5. The van der Waals surface area contributed by atoms with Gasteiger partial charge in [0.25, 0.3) is 0 Å². The Kier molecular flexibility index (Phi) is 15.8. The van der Waals surface area contributed by atoms with Crippen LogP contribution in [0.15, 0.2) is 0 Å². The van der Waals surface area contributed by atoms with Crippen LogP contribution in [0.3, 0.4) is 0 Å². The van der Waals surface area contributed by atoms with Gasteiger partial charge in [-0.25, -0.2) is 0 Å². The fraction of sp³-hybridized carbons (Fsp3) is 0.900. The second kappa shape index (κ2) is 14.3. The summed E-state index contributed by atoms with van der Waals surface area (Å²) in [5.41, 5.74) is 0. The van der Waals surface area contributed by atoms with E-state index in [-0.39, 0.29) is 25.8 Å². The van der Waals surface area contributed by atoms with Gasteiger partial charge >= 0.3 is 5.97 Å². The van der Waals surface area contributed by atoms with Crippen LogP contribution >= 0.6 is 0 Å². The first kappa shape index (κ1) is 17.7. The molecule has 0 aliphatic heterocycles. The summed E-state index contributed by atoms with van der Waals surface area (Å²) in [6.45, 7) is 5.41. The number of nitrogens with zero attached hydrogens (tertiary/aromatic N) is 1. The van der Waals surface area contributed by atoms with Crippen LogP contribution in [0.25, 0.3) is 0 Å². The van der Waals surface area contributed by atoms with E-state index in [0.29, 0.717) is 26.2 Å². The summed E-state index contributed by atoms with van der Waals surface area (Å²) >= 11 is 0. The van der Waals surface area contributed by atoms with Crippen molar-refractivity contribution in [3.05, 3.63) is 0 Å². The van der Waals surface area contributed by atoms with Crippen LogP contribution in [0, 0.1) is 0 Å². The van der Waals surface area contributed by atoms with Gasteiger partial charge in [0.15, 0.2) is 0 Å². The highest BCUT2D eigenvalue weighted by Gasteiger charge is 2.00. The monoisotopic (exact) mass is 237 g/mol. The molecule has 0 atom stereocenters. The minimum Gasteiger partial charge on any atom is -0.466 e. The SMILES string of the molecule is CCOC(C)=O.OCCN(CCO)CCO. The molecule has 3 N–H and O–H groups in total. The van der Waals surface area contributed by atoms with Crippen molar-refractivity contribution in [3.8, 4) is 0 Å². The van der Waals surface area contributed by atoms with Crippen molar-refractivity contribution in [2.45, 2.75) is 13.8 Å². The number of hydrogen-bond acceptors (Lipinski definition) is 6. The van der Waals surface area contributed by atoms with Crippen LogP contribution < -0.4 is 0 Å². The van der Waals surface area contributed by atoms with E-state index in [1.807, 2.05) is 0 Å². The van der Waals surface area contributed by atoms with Crippen molar-refractivity contribution in [2.75, 3.05) is 46.1 Å². The molecule has 0 heterocycles. The Hall–Kier alpha value is -0.690. The minimum absolute atomic E-state index is 0.0694. The number of carbonyl (C=O) groups is 1. The van der Waals surface area contributed by atoms with E-state index in [1.54, 1.807) is 11.8 Å². The van der Waals surface area contributed by atoms with Crippen molar-refractivity contribution in [2.24, 2.45) is 0 Å². The molecule has 0 rings (SSSR count). The molecule has 0 aliphatic rings. The summed E-state index contributed by atoms with van der Waals surface area (Å²) in [4.78, 5) is 11.6. The minimum atomic E-state index is -0.211. The summed E-state index contributed by atoms with van der Waals surface area (Å²) in [6.07, 6.45) is 0. The van der Waals surface area contributed by atoms with Gasteiger partial charge in [0.05, 0.1) is 26.4 Å². The fourth-order valence-electron chi connectivity index (χ4n) is 0.963. The molecule has 0 aromatic rings. The summed E-state index contributed by atoms with van der Waals surface area (Å²) in [5.74, 6) is -0.211. The number of carbonyl (C=O) groups excluding carboxylic acids is 1. The molecule has 0 saturated carbocycles. The quantitative estimate of drug-likeness (QED) is 0.484. The Morgan fingerprint density at radius 3 is 1.56 bits per heavy atom. The van der Waals surface area contributed by atoms with Crippen LogP contribution in [-0.2, 0) is 9.53 Å². The molecule has 6 nitrogen and oxygen atoms in total. The molecule has 98 valence electrons. The second-order valence-corrected chi connectivity index (χ2v) is 2.94. The zero-order valence-corrected chi connectivity index (χ0v) is 10.1. The smallest absolute Gasteiger partial charge is 0.302 e. The molecular formula is C10H23NO5. The summed E-state index contributed by atoms with van der Waals surface area (Å²) in [5, 5.41) is 25.5. The highest BCUT2D eigenvalue weighted by Crippen LogP contribution is 1.84. The van der Waals surface area contributed by atoms with Crippen LogP contribution in [-0.4, -0.2) is 72.3 Å². The maximum Gasteiger partial charge on any atom is 0.302 e. The fourth-order valence-corrected chi connectivity index (χ4v) is 0.963. The molecule has 0 unspecified atom stereocenters. The van der Waals surface area contributed by atoms with E-state index < -0.39 is 0 Å². The topological polar surface area (TPSA) is 90.2 Å². The maximum atomic E-state index is 9.82. The van der Waals surface area contributed by atoms with Gasteiger partial charge in [0.1, 0.15) is 0 Å². The molecule has 0 aromatic carbocycles. The predicted octanol–water partition coefficient (Wildman–Crippen LogP) is -1.17. The van der Waals surface area contributed by atoms with Crippen molar-refractivity contribution in [1.29, 1.82) is 0 Å². The molecule has 0 saturated heterocycles. The molecule has 0 amide bonds. The normalized spacial score (nSPS) is 9.62. The van der Waals surface area contributed by atoms with Gasteiger partial charge in [-0.2, -0.15) is 0 Å². The zero-order valence-electron chi connectivity index (χ0n) is 10.1. The molecule has 0 aromatic heterocycles. The summed E-state index contributed by atoms with van der Waals surface area (Å²) < 4.78 is 4.40. The van der Waals surface area contributed by atoms with E-state index in [1.165, 1.54) is 6.92 Å². The van der Waals surface area contributed by atoms with Crippen LogP contribution in [0.4, 0.5) is 0 Å². The van der Waals surface area contributed by atoms with Crippen LogP contribution in [0.5, 0.6) is 0 Å². The maximum absolute atomic E-state index is 9.82. The lowest BCUT2D eigenvalue weighted by Gasteiger charge is -2.17. The number of aliphatic hydroxyl groups is 3. The first-order valence-electron chi connectivity index (χ1n) is 5.30. The molecule has 0 radical (unpaired) electrons. The summed E-state index contributed by atoms with van der Waals surface area (Å²) in [7, 11) is 0. The molecule has 0 bridgehead atoms.